The predicted octanol–water partition coefficient (Wildman–Crippen LogP) is 2.42. The molecule has 1 saturated carbocycles. The maximum absolute atomic E-state index is 11.8. The second-order valence-electron chi connectivity index (χ2n) is 7.09. The van der Waals surface area contributed by atoms with Crippen LogP contribution in [-0.4, -0.2) is 30.3 Å². The molecule has 21 heavy (non-hydrogen) atoms. The molecule has 0 bridgehead atoms. The molecule has 0 aromatic heterocycles. The van der Waals surface area contributed by atoms with Gasteiger partial charge >= 0.3 is 6.03 Å². The van der Waals surface area contributed by atoms with Crippen molar-refractivity contribution >= 4 is 6.03 Å². The smallest absolute Gasteiger partial charge is 0.314 e. The molecule has 116 valence electrons. The first-order valence-corrected chi connectivity index (χ1v) is 7.59. The van der Waals surface area contributed by atoms with Gasteiger partial charge in [-0.2, -0.15) is 0 Å². The molecule has 0 radical (unpaired) electrons. The van der Waals surface area contributed by atoms with Crippen molar-refractivity contribution in [1.29, 1.82) is 0 Å². The SMILES string of the molecule is CC(C)(C)C(O)CNC(=O)NCC1(c2ccccc2)CC1. The lowest BCUT2D eigenvalue weighted by Crippen LogP contribution is -2.45. The van der Waals surface area contributed by atoms with E-state index in [0.29, 0.717) is 6.54 Å². The molecular formula is C17H26N2O2. The average molecular weight is 290 g/mol. The van der Waals surface area contributed by atoms with Crippen molar-refractivity contribution in [2.45, 2.75) is 45.1 Å². The highest BCUT2D eigenvalue weighted by atomic mass is 16.3. The first-order chi connectivity index (χ1) is 9.83. The summed E-state index contributed by atoms with van der Waals surface area (Å²) in [6.45, 7) is 6.77. The number of hydrogen-bond donors (Lipinski definition) is 3. The van der Waals surface area contributed by atoms with E-state index in [1.165, 1.54) is 5.56 Å². The van der Waals surface area contributed by atoms with Crippen LogP contribution in [0.5, 0.6) is 0 Å². The fraction of sp³-hybridized carbons (Fsp3) is 0.588. The van der Waals surface area contributed by atoms with Crippen LogP contribution in [0.1, 0.15) is 39.2 Å². The van der Waals surface area contributed by atoms with E-state index in [-0.39, 0.29) is 23.4 Å². The Labute approximate surface area is 126 Å². The van der Waals surface area contributed by atoms with E-state index in [1.807, 2.05) is 39.0 Å². The Bertz CT molecular complexity index is 475. The van der Waals surface area contributed by atoms with Gasteiger partial charge in [0.05, 0.1) is 6.10 Å². The van der Waals surface area contributed by atoms with Gasteiger partial charge in [-0.1, -0.05) is 51.1 Å². The third kappa shape index (κ3) is 4.21. The van der Waals surface area contributed by atoms with E-state index in [1.54, 1.807) is 0 Å². The quantitative estimate of drug-likeness (QED) is 0.780. The van der Waals surface area contributed by atoms with E-state index in [2.05, 4.69) is 22.8 Å². The number of aliphatic hydroxyl groups is 1. The molecule has 1 aromatic carbocycles. The van der Waals surface area contributed by atoms with Crippen molar-refractivity contribution in [2.24, 2.45) is 5.41 Å². The number of urea groups is 1. The van der Waals surface area contributed by atoms with Crippen molar-refractivity contribution in [2.75, 3.05) is 13.1 Å². The van der Waals surface area contributed by atoms with Gasteiger partial charge in [0.1, 0.15) is 0 Å². The summed E-state index contributed by atoms with van der Waals surface area (Å²) in [7, 11) is 0. The Morgan fingerprint density at radius 1 is 1.24 bits per heavy atom. The predicted molar refractivity (Wildman–Crippen MR) is 84.2 cm³/mol. The van der Waals surface area contributed by atoms with Gasteiger partial charge in [-0.25, -0.2) is 4.79 Å². The Hall–Kier alpha value is -1.55. The number of benzene rings is 1. The van der Waals surface area contributed by atoms with Crippen molar-refractivity contribution in [3.05, 3.63) is 35.9 Å². The third-order valence-corrected chi connectivity index (χ3v) is 4.28. The maximum Gasteiger partial charge on any atom is 0.314 e. The molecule has 1 fully saturated rings. The lowest BCUT2D eigenvalue weighted by atomic mass is 9.89. The summed E-state index contributed by atoms with van der Waals surface area (Å²) >= 11 is 0. The molecule has 4 nitrogen and oxygen atoms in total. The van der Waals surface area contributed by atoms with Crippen LogP contribution < -0.4 is 10.6 Å². The maximum atomic E-state index is 11.8. The summed E-state index contributed by atoms with van der Waals surface area (Å²) in [5, 5.41) is 15.6. The Kier molecular flexibility index (Phi) is 4.57. The molecular weight excluding hydrogens is 264 g/mol. The van der Waals surface area contributed by atoms with Gasteiger partial charge in [0, 0.05) is 18.5 Å². The van der Waals surface area contributed by atoms with Crippen molar-refractivity contribution < 1.29 is 9.90 Å². The molecule has 1 atom stereocenters. The highest BCUT2D eigenvalue weighted by Gasteiger charge is 2.44. The second-order valence-corrected chi connectivity index (χ2v) is 7.09. The van der Waals surface area contributed by atoms with Gasteiger partial charge < -0.3 is 15.7 Å². The lowest BCUT2D eigenvalue weighted by molar-refractivity contribution is 0.0650. The summed E-state index contributed by atoms with van der Waals surface area (Å²) in [6, 6.07) is 10.1. The standard InChI is InChI=1S/C17H26N2O2/c1-16(2,3)14(20)11-18-15(21)19-12-17(9-10-17)13-7-5-4-6-8-13/h4-8,14,20H,9-12H2,1-3H3,(H2,18,19,21). The number of aliphatic hydroxyl groups excluding tert-OH is 1. The molecule has 1 aliphatic carbocycles. The first-order valence-electron chi connectivity index (χ1n) is 7.59. The molecule has 0 heterocycles. The summed E-state index contributed by atoms with van der Waals surface area (Å²) in [4.78, 5) is 11.8. The summed E-state index contributed by atoms with van der Waals surface area (Å²) in [6.07, 6.45) is 1.68. The first kappa shape index (κ1) is 15.8. The third-order valence-electron chi connectivity index (χ3n) is 4.28. The fourth-order valence-corrected chi connectivity index (χ4v) is 2.32. The molecule has 3 N–H and O–H groups in total. The zero-order valence-corrected chi connectivity index (χ0v) is 13.1. The van der Waals surface area contributed by atoms with Gasteiger partial charge in [-0.15, -0.1) is 0 Å². The van der Waals surface area contributed by atoms with E-state index < -0.39 is 6.10 Å². The number of amides is 2. The molecule has 0 spiro atoms. The molecule has 0 saturated heterocycles. The minimum atomic E-state index is -0.549. The van der Waals surface area contributed by atoms with Gasteiger partial charge in [0.15, 0.2) is 0 Å². The zero-order valence-electron chi connectivity index (χ0n) is 13.1. The van der Waals surface area contributed by atoms with Crippen LogP contribution in [0.3, 0.4) is 0 Å². The Balaban J connectivity index is 1.77. The van der Waals surface area contributed by atoms with Crippen molar-refractivity contribution in [3.63, 3.8) is 0 Å². The molecule has 2 rings (SSSR count). The van der Waals surface area contributed by atoms with Crippen LogP contribution in [0, 0.1) is 5.41 Å². The number of hydrogen-bond acceptors (Lipinski definition) is 2. The largest absolute Gasteiger partial charge is 0.391 e. The van der Waals surface area contributed by atoms with Crippen LogP contribution in [0.2, 0.25) is 0 Å². The van der Waals surface area contributed by atoms with Gasteiger partial charge in [-0.3, -0.25) is 0 Å². The normalized spacial score (nSPS) is 17.9. The minimum Gasteiger partial charge on any atom is -0.391 e. The van der Waals surface area contributed by atoms with E-state index in [4.69, 9.17) is 0 Å². The number of nitrogens with one attached hydrogen (secondary N) is 2. The van der Waals surface area contributed by atoms with Crippen LogP contribution in [0.25, 0.3) is 0 Å². The van der Waals surface area contributed by atoms with E-state index in [9.17, 15) is 9.90 Å². The molecule has 1 aromatic rings. The minimum absolute atomic E-state index is 0.112. The van der Waals surface area contributed by atoms with Crippen LogP contribution >= 0.6 is 0 Å². The lowest BCUT2D eigenvalue weighted by Gasteiger charge is -2.26. The number of carbonyl (C=O) groups excluding carboxylic acids is 1. The number of carbonyl (C=O) groups is 1. The highest BCUT2D eigenvalue weighted by Crippen LogP contribution is 2.47. The van der Waals surface area contributed by atoms with Gasteiger partial charge in [-0.05, 0) is 23.8 Å². The van der Waals surface area contributed by atoms with Crippen LogP contribution in [-0.2, 0) is 5.41 Å². The summed E-state index contributed by atoms with van der Waals surface area (Å²) in [5.41, 5.74) is 1.18. The fourth-order valence-electron chi connectivity index (χ4n) is 2.32. The van der Waals surface area contributed by atoms with Crippen molar-refractivity contribution in [3.8, 4) is 0 Å². The summed E-state index contributed by atoms with van der Waals surface area (Å²) in [5.74, 6) is 0. The number of rotatable bonds is 5. The molecule has 1 unspecified atom stereocenters. The molecule has 0 aliphatic heterocycles. The Morgan fingerprint density at radius 3 is 2.38 bits per heavy atom. The van der Waals surface area contributed by atoms with Crippen LogP contribution in [0.15, 0.2) is 30.3 Å². The summed E-state index contributed by atoms with van der Waals surface area (Å²) < 4.78 is 0. The molecule has 4 heteroatoms. The molecule has 1 aliphatic rings. The van der Waals surface area contributed by atoms with E-state index in [0.717, 1.165) is 12.8 Å². The van der Waals surface area contributed by atoms with Crippen molar-refractivity contribution in [1.82, 2.24) is 10.6 Å². The van der Waals surface area contributed by atoms with Gasteiger partial charge in [0.25, 0.3) is 0 Å². The zero-order chi connectivity index (χ0) is 15.5. The second kappa shape index (κ2) is 6.06. The molecule has 2 amide bonds. The Morgan fingerprint density at radius 2 is 1.86 bits per heavy atom. The van der Waals surface area contributed by atoms with Crippen LogP contribution in [0.4, 0.5) is 4.79 Å². The van der Waals surface area contributed by atoms with Gasteiger partial charge in [0.2, 0.25) is 0 Å². The topological polar surface area (TPSA) is 61.4 Å². The van der Waals surface area contributed by atoms with E-state index >= 15 is 0 Å². The monoisotopic (exact) mass is 290 g/mol. The highest BCUT2D eigenvalue weighted by molar-refractivity contribution is 5.74. The average Bonchev–Trinajstić information content (AvgIpc) is 3.23.